The fourth-order valence-corrected chi connectivity index (χ4v) is 2.35. The molecule has 2 nitrogen and oxygen atoms in total. The van der Waals surface area contributed by atoms with Crippen LogP contribution in [0.5, 0.6) is 0 Å². The smallest absolute Gasteiger partial charge is 0.0529 e. The van der Waals surface area contributed by atoms with Crippen LogP contribution in [0.1, 0.15) is 19.8 Å². The van der Waals surface area contributed by atoms with Gasteiger partial charge in [-0.2, -0.15) is 0 Å². The van der Waals surface area contributed by atoms with Gasteiger partial charge in [0.25, 0.3) is 0 Å². The van der Waals surface area contributed by atoms with Crippen molar-refractivity contribution in [3.05, 3.63) is 30.3 Å². The number of rotatable bonds is 5. The number of nitrogens with two attached hydrogens (primary N) is 1. The van der Waals surface area contributed by atoms with Crippen LogP contribution in [0.4, 0.5) is 0 Å². The topological polar surface area (TPSA) is 43.1 Å². The minimum atomic E-state index is -0.855. The predicted octanol–water partition coefficient (Wildman–Crippen LogP) is 1.92. The van der Waals surface area contributed by atoms with Crippen LogP contribution in [-0.4, -0.2) is 16.0 Å². The molecule has 0 aromatic heterocycles. The van der Waals surface area contributed by atoms with E-state index in [1.54, 1.807) is 0 Å². The van der Waals surface area contributed by atoms with Gasteiger partial charge in [0.15, 0.2) is 0 Å². The van der Waals surface area contributed by atoms with Gasteiger partial charge in [-0.25, -0.2) is 0 Å². The van der Waals surface area contributed by atoms with Crippen LogP contribution in [0.3, 0.4) is 0 Å². The third-order valence-electron chi connectivity index (χ3n) is 2.00. The van der Waals surface area contributed by atoms with Crippen LogP contribution in [0, 0.1) is 0 Å². The summed E-state index contributed by atoms with van der Waals surface area (Å²) in [5, 5.41) is 0. The van der Waals surface area contributed by atoms with E-state index in [9.17, 15) is 4.21 Å². The molecule has 0 saturated carbocycles. The molecule has 0 bridgehead atoms. The molecule has 0 aliphatic rings. The Bertz CT molecular complexity index is 285. The third kappa shape index (κ3) is 4.03. The van der Waals surface area contributed by atoms with Gasteiger partial charge >= 0.3 is 0 Å². The van der Waals surface area contributed by atoms with Crippen molar-refractivity contribution < 1.29 is 4.21 Å². The van der Waals surface area contributed by atoms with Gasteiger partial charge in [0.2, 0.25) is 0 Å². The quantitative estimate of drug-likeness (QED) is 0.808. The molecular weight excluding hydrogens is 194 g/mol. The lowest BCUT2D eigenvalue weighted by Crippen LogP contribution is -2.15. The highest BCUT2D eigenvalue weighted by atomic mass is 32.2. The predicted molar refractivity (Wildman–Crippen MR) is 60.6 cm³/mol. The second-order valence-electron chi connectivity index (χ2n) is 3.48. The van der Waals surface area contributed by atoms with E-state index in [4.69, 9.17) is 5.73 Å². The van der Waals surface area contributed by atoms with Gasteiger partial charge in [-0.1, -0.05) is 18.2 Å². The van der Waals surface area contributed by atoms with Gasteiger partial charge in [0, 0.05) is 16.7 Å². The fourth-order valence-electron chi connectivity index (χ4n) is 1.23. The summed E-state index contributed by atoms with van der Waals surface area (Å²) in [6.45, 7) is 1.98. The van der Waals surface area contributed by atoms with Crippen LogP contribution < -0.4 is 5.73 Å². The zero-order valence-corrected chi connectivity index (χ0v) is 9.30. The normalized spacial score (nSPS) is 15.0. The summed E-state index contributed by atoms with van der Waals surface area (Å²) in [5.41, 5.74) is 5.62. The average molecular weight is 211 g/mol. The molecule has 1 aromatic carbocycles. The zero-order chi connectivity index (χ0) is 10.4. The lowest BCUT2D eigenvalue weighted by molar-refractivity contribution is 0.644. The molecule has 3 heteroatoms. The first-order valence-corrected chi connectivity index (χ1v) is 6.21. The van der Waals surface area contributed by atoms with E-state index in [1.807, 2.05) is 37.3 Å². The molecule has 0 radical (unpaired) electrons. The van der Waals surface area contributed by atoms with Gasteiger partial charge in [0.05, 0.1) is 10.8 Å². The van der Waals surface area contributed by atoms with Crippen molar-refractivity contribution in [2.75, 3.05) is 5.75 Å². The molecular formula is C11H17NOS. The molecule has 0 aliphatic carbocycles. The Balaban J connectivity index is 2.36. The summed E-state index contributed by atoms with van der Waals surface area (Å²) in [7, 11) is -0.855. The standard InChI is InChI=1S/C11H17NOS/c1-10(12)6-5-9-14(13)11-7-3-2-4-8-11/h2-4,7-8,10H,5-6,9,12H2,1H3. The van der Waals surface area contributed by atoms with E-state index in [-0.39, 0.29) is 6.04 Å². The molecule has 0 fully saturated rings. The molecule has 0 aliphatic heterocycles. The maximum Gasteiger partial charge on any atom is 0.0529 e. The molecule has 0 spiro atoms. The van der Waals surface area contributed by atoms with E-state index >= 15 is 0 Å². The fraction of sp³-hybridized carbons (Fsp3) is 0.455. The third-order valence-corrected chi connectivity index (χ3v) is 3.45. The van der Waals surface area contributed by atoms with Gasteiger partial charge in [-0.05, 0) is 31.9 Å². The molecule has 1 aromatic rings. The summed E-state index contributed by atoms with van der Waals surface area (Å²) in [5.74, 6) is 0.714. The van der Waals surface area contributed by atoms with Gasteiger partial charge in [-0.15, -0.1) is 0 Å². The van der Waals surface area contributed by atoms with Crippen molar-refractivity contribution in [1.82, 2.24) is 0 Å². The lowest BCUT2D eigenvalue weighted by atomic mass is 10.2. The van der Waals surface area contributed by atoms with Crippen LogP contribution in [0.15, 0.2) is 35.2 Å². The largest absolute Gasteiger partial charge is 0.328 e. The molecule has 0 saturated heterocycles. The Hall–Kier alpha value is -0.670. The first-order chi connectivity index (χ1) is 6.70. The highest BCUT2D eigenvalue weighted by Crippen LogP contribution is 2.07. The average Bonchev–Trinajstić information content (AvgIpc) is 2.18. The second-order valence-corrected chi connectivity index (χ2v) is 5.05. The molecule has 2 atom stereocenters. The molecule has 1 rings (SSSR count). The number of hydrogen-bond donors (Lipinski definition) is 1. The van der Waals surface area contributed by atoms with Crippen LogP contribution in [-0.2, 0) is 10.8 Å². The Morgan fingerprint density at radius 3 is 2.57 bits per heavy atom. The summed E-state index contributed by atoms with van der Waals surface area (Å²) in [6, 6.07) is 9.78. The van der Waals surface area contributed by atoms with Crippen LogP contribution in [0.25, 0.3) is 0 Å². The Labute approximate surface area is 88.0 Å². The van der Waals surface area contributed by atoms with Crippen molar-refractivity contribution in [1.29, 1.82) is 0 Å². The monoisotopic (exact) mass is 211 g/mol. The number of benzene rings is 1. The van der Waals surface area contributed by atoms with Crippen LogP contribution >= 0.6 is 0 Å². The Morgan fingerprint density at radius 2 is 2.00 bits per heavy atom. The zero-order valence-electron chi connectivity index (χ0n) is 8.48. The Morgan fingerprint density at radius 1 is 1.36 bits per heavy atom. The molecule has 2 unspecified atom stereocenters. The minimum Gasteiger partial charge on any atom is -0.328 e. The summed E-state index contributed by atoms with van der Waals surface area (Å²) < 4.78 is 11.7. The Kier molecular flexibility index (Phi) is 4.84. The summed E-state index contributed by atoms with van der Waals surface area (Å²) in [6.07, 6.45) is 1.87. The molecule has 14 heavy (non-hydrogen) atoms. The second kappa shape index (κ2) is 5.94. The molecule has 0 amide bonds. The number of hydrogen-bond acceptors (Lipinski definition) is 2. The van der Waals surface area contributed by atoms with Crippen molar-refractivity contribution >= 4 is 10.8 Å². The first-order valence-electron chi connectivity index (χ1n) is 4.89. The summed E-state index contributed by atoms with van der Waals surface area (Å²) in [4.78, 5) is 0.914. The lowest BCUT2D eigenvalue weighted by Gasteiger charge is -2.04. The van der Waals surface area contributed by atoms with Crippen molar-refractivity contribution in [2.45, 2.75) is 30.7 Å². The van der Waals surface area contributed by atoms with Crippen molar-refractivity contribution in [3.63, 3.8) is 0 Å². The highest BCUT2D eigenvalue weighted by Gasteiger charge is 2.03. The van der Waals surface area contributed by atoms with E-state index in [0.717, 1.165) is 17.7 Å². The first kappa shape index (κ1) is 11.4. The molecule has 0 heterocycles. The maximum atomic E-state index is 11.7. The van der Waals surface area contributed by atoms with E-state index < -0.39 is 10.8 Å². The van der Waals surface area contributed by atoms with Crippen molar-refractivity contribution in [3.8, 4) is 0 Å². The van der Waals surface area contributed by atoms with Crippen LogP contribution in [0.2, 0.25) is 0 Å². The maximum absolute atomic E-state index is 11.7. The highest BCUT2D eigenvalue weighted by molar-refractivity contribution is 7.85. The summed E-state index contributed by atoms with van der Waals surface area (Å²) >= 11 is 0. The van der Waals surface area contributed by atoms with Gasteiger partial charge < -0.3 is 5.73 Å². The van der Waals surface area contributed by atoms with E-state index in [1.165, 1.54) is 0 Å². The molecule has 78 valence electrons. The van der Waals surface area contributed by atoms with Gasteiger partial charge in [-0.3, -0.25) is 4.21 Å². The SMILES string of the molecule is CC(N)CCCS(=O)c1ccccc1. The van der Waals surface area contributed by atoms with E-state index in [0.29, 0.717) is 5.75 Å². The molecule has 2 N–H and O–H groups in total. The van der Waals surface area contributed by atoms with Crippen molar-refractivity contribution in [2.24, 2.45) is 5.73 Å². The minimum absolute atomic E-state index is 0.211. The van der Waals surface area contributed by atoms with Gasteiger partial charge in [0.1, 0.15) is 0 Å². The van der Waals surface area contributed by atoms with E-state index in [2.05, 4.69) is 0 Å².